The minimum Gasteiger partial charge on any atom is -0.457 e. The third kappa shape index (κ3) is 5.86. The highest BCUT2D eigenvalue weighted by molar-refractivity contribution is 6.06. The quantitative estimate of drug-likeness (QED) is 0.238. The van der Waals surface area contributed by atoms with E-state index >= 15 is 0 Å². The van der Waals surface area contributed by atoms with Gasteiger partial charge < -0.3 is 25.7 Å². The Morgan fingerprint density at radius 3 is 2.55 bits per heavy atom. The third-order valence-electron chi connectivity index (χ3n) is 6.81. The van der Waals surface area contributed by atoms with Crippen LogP contribution in [0.15, 0.2) is 79.5 Å². The van der Waals surface area contributed by atoms with E-state index in [9.17, 15) is 4.79 Å². The molecule has 3 N–H and O–H groups in total. The molecule has 8 heteroatoms. The number of carbonyl (C=O) groups excluding carboxylic acids is 1. The van der Waals surface area contributed by atoms with Crippen molar-refractivity contribution in [2.75, 3.05) is 25.0 Å². The number of nitrogens with one attached hydrogen (secondary N) is 3. The zero-order valence-corrected chi connectivity index (χ0v) is 21.7. The van der Waals surface area contributed by atoms with Crippen LogP contribution in [0.4, 0.5) is 5.82 Å². The Morgan fingerprint density at radius 1 is 1.13 bits per heavy atom. The van der Waals surface area contributed by atoms with E-state index in [4.69, 9.17) is 15.2 Å². The number of hydrogen-bond acceptors (Lipinski definition) is 6. The lowest BCUT2D eigenvalue weighted by Gasteiger charge is -2.17. The number of rotatable bonds is 11. The van der Waals surface area contributed by atoms with Crippen molar-refractivity contribution in [1.82, 2.24) is 20.0 Å². The topological polar surface area (TPSA) is 95.3 Å². The van der Waals surface area contributed by atoms with Crippen LogP contribution in [0, 0.1) is 5.41 Å². The Hall–Kier alpha value is -4.17. The first-order valence-electron chi connectivity index (χ1n) is 13.1. The van der Waals surface area contributed by atoms with Gasteiger partial charge in [0.05, 0.1) is 11.6 Å². The SMILES string of the molecule is C=CNc1c(C(C)=N)c(-c2ccc(Oc3ccccc3)cc2)nn1C1CCN(C(=O)C=CCNC2CC2)C1. The molecule has 8 nitrogen and oxygen atoms in total. The number of benzene rings is 2. The number of anilines is 1. The summed E-state index contributed by atoms with van der Waals surface area (Å²) in [6, 6.07) is 18.0. The number of amides is 1. The number of ether oxygens (including phenoxy) is 1. The molecule has 1 aliphatic carbocycles. The lowest BCUT2D eigenvalue weighted by Crippen LogP contribution is -2.28. The minimum atomic E-state index is -0.00748. The van der Waals surface area contributed by atoms with Gasteiger partial charge in [0.25, 0.3) is 0 Å². The number of hydrogen-bond donors (Lipinski definition) is 3. The fourth-order valence-corrected chi connectivity index (χ4v) is 4.73. The summed E-state index contributed by atoms with van der Waals surface area (Å²) >= 11 is 0. The molecule has 0 spiro atoms. The second-order valence-electron chi connectivity index (χ2n) is 9.74. The van der Waals surface area contributed by atoms with E-state index in [1.165, 1.54) is 12.8 Å². The Morgan fingerprint density at radius 2 is 1.87 bits per heavy atom. The summed E-state index contributed by atoms with van der Waals surface area (Å²) in [7, 11) is 0. The van der Waals surface area contributed by atoms with E-state index in [1.54, 1.807) is 19.2 Å². The van der Waals surface area contributed by atoms with Gasteiger partial charge in [0, 0.05) is 43.0 Å². The largest absolute Gasteiger partial charge is 0.457 e. The first-order chi connectivity index (χ1) is 18.5. The molecule has 2 aromatic carbocycles. The molecule has 5 rings (SSSR count). The summed E-state index contributed by atoms with van der Waals surface area (Å²) in [5.41, 5.74) is 2.72. The number of nitrogens with zero attached hydrogens (tertiary/aromatic N) is 3. The van der Waals surface area contributed by atoms with E-state index in [0.29, 0.717) is 30.5 Å². The van der Waals surface area contributed by atoms with Crippen LogP contribution in [0.2, 0.25) is 0 Å². The van der Waals surface area contributed by atoms with Gasteiger partial charge in [0.2, 0.25) is 5.91 Å². The molecule has 2 aliphatic rings. The number of carbonyl (C=O) groups is 1. The average Bonchev–Trinajstić information content (AvgIpc) is 3.47. The molecule has 3 aromatic rings. The van der Waals surface area contributed by atoms with Crippen molar-refractivity contribution in [2.45, 2.75) is 38.3 Å². The standard InChI is InChI=1S/C30H34N6O2/c1-3-32-30-28(21(2)31)29(22-11-15-26(16-12-22)38-25-8-5-4-6-9-25)34-36(30)24-17-19-35(20-24)27(37)10-7-18-33-23-13-14-23/h3-12,15-16,23-24,31-33H,1,13-14,17-20H2,2H3. The first kappa shape index (κ1) is 25.5. The van der Waals surface area contributed by atoms with Gasteiger partial charge in [0.1, 0.15) is 23.0 Å². The zero-order chi connectivity index (χ0) is 26.5. The van der Waals surface area contributed by atoms with E-state index < -0.39 is 0 Å². The van der Waals surface area contributed by atoms with Gasteiger partial charge >= 0.3 is 0 Å². The molecule has 1 saturated heterocycles. The molecular weight excluding hydrogens is 476 g/mol. The van der Waals surface area contributed by atoms with Crippen molar-refractivity contribution in [3.63, 3.8) is 0 Å². The van der Waals surface area contributed by atoms with Gasteiger partial charge in [-0.25, -0.2) is 4.68 Å². The molecule has 0 bridgehead atoms. The maximum Gasteiger partial charge on any atom is 0.246 e. The second kappa shape index (κ2) is 11.5. The number of likely N-dealkylation sites (tertiary alicyclic amines) is 1. The van der Waals surface area contributed by atoms with Crippen LogP contribution in [0.25, 0.3) is 11.3 Å². The first-order valence-corrected chi connectivity index (χ1v) is 13.1. The van der Waals surface area contributed by atoms with Crippen molar-refractivity contribution in [2.24, 2.45) is 0 Å². The fraction of sp³-hybridized carbons (Fsp3) is 0.300. The fourth-order valence-electron chi connectivity index (χ4n) is 4.73. The van der Waals surface area contributed by atoms with Crippen LogP contribution in [0.1, 0.15) is 37.8 Å². The molecule has 1 unspecified atom stereocenters. The predicted molar refractivity (Wildman–Crippen MR) is 151 cm³/mol. The predicted octanol–water partition coefficient (Wildman–Crippen LogP) is 5.37. The highest BCUT2D eigenvalue weighted by Crippen LogP contribution is 2.35. The van der Waals surface area contributed by atoms with Crippen molar-refractivity contribution in [3.05, 3.63) is 85.1 Å². The maximum absolute atomic E-state index is 12.8. The highest BCUT2D eigenvalue weighted by Gasteiger charge is 2.31. The maximum atomic E-state index is 12.8. The van der Waals surface area contributed by atoms with Gasteiger partial charge in [-0.2, -0.15) is 5.10 Å². The summed E-state index contributed by atoms with van der Waals surface area (Å²) in [6.07, 6.45) is 8.42. The van der Waals surface area contributed by atoms with Gasteiger partial charge in [-0.3, -0.25) is 4.79 Å². The smallest absolute Gasteiger partial charge is 0.246 e. The van der Waals surface area contributed by atoms with E-state index in [1.807, 2.05) is 70.3 Å². The normalized spacial score (nSPS) is 17.1. The molecule has 1 atom stereocenters. The van der Waals surface area contributed by atoms with Crippen LogP contribution < -0.4 is 15.4 Å². The zero-order valence-electron chi connectivity index (χ0n) is 21.7. The van der Waals surface area contributed by atoms with Crippen LogP contribution >= 0.6 is 0 Å². The van der Waals surface area contributed by atoms with Crippen molar-refractivity contribution in [3.8, 4) is 22.8 Å². The van der Waals surface area contributed by atoms with Gasteiger partial charge in [-0.15, -0.1) is 0 Å². The van der Waals surface area contributed by atoms with E-state index in [0.717, 1.165) is 41.4 Å². The number of aromatic nitrogens is 2. The van der Waals surface area contributed by atoms with Crippen LogP contribution in [0.5, 0.6) is 11.5 Å². The van der Waals surface area contributed by atoms with E-state index in [2.05, 4.69) is 17.2 Å². The average molecular weight is 511 g/mol. The summed E-state index contributed by atoms with van der Waals surface area (Å²) in [6.45, 7) is 7.55. The molecule has 2 heterocycles. The molecule has 1 amide bonds. The monoisotopic (exact) mass is 510 g/mol. The van der Waals surface area contributed by atoms with Crippen molar-refractivity contribution < 1.29 is 9.53 Å². The van der Waals surface area contributed by atoms with Gasteiger partial charge in [0.15, 0.2) is 0 Å². The molecule has 1 aliphatic heterocycles. The molecule has 0 radical (unpaired) electrons. The highest BCUT2D eigenvalue weighted by atomic mass is 16.5. The van der Waals surface area contributed by atoms with Gasteiger partial charge in [-0.05, 0) is 68.8 Å². The molecule has 1 saturated carbocycles. The molecule has 1 aromatic heterocycles. The lowest BCUT2D eigenvalue weighted by atomic mass is 10.0. The Bertz CT molecular complexity index is 1320. The summed E-state index contributed by atoms with van der Waals surface area (Å²) in [4.78, 5) is 14.6. The second-order valence-corrected chi connectivity index (χ2v) is 9.74. The minimum absolute atomic E-state index is 0.00748. The van der Waals surface area contributed by atoms with Crippen LogP contribution in [-0.4, -0.2) is 52.0 Å². The van der Waals surface area contributed by atoms with Crippen LogP contribution in [-0.2, 0) is 4.79 Å². The van der Waals surface area contributed by atoms with Crippen molar-refractivity contribution >= 4 is 17.4 Å². The number of para-hydroxylation sites is 1. The molecule has 2 fully saturated rings. The molecule has 196 valence electrons. The molecular formula is C30H34N6O2. The summed E-state index contributed by atoms with van der Waals surface area (Å²) in [5, 5.41) is 20.1. The van der Waals surface area contributed by atoms with Gasteiger partial charge in [-0.1, -0.05) is 30.9 Å². The summed E-state index contributed by atoms with van der Waals surface area (Å²) < 4.78 is 7.86. The van der Waals surface area contributed by atoms with Crippen LogP contribution in [0.3, 0.4) is 0 Å². The Balaban J connectivity index is 1.36. The summed E-state index contributed by atoms with van der Waals surface area (Å²) in [5.74, 6) is 2.23. The van der Waals surface area contributed by atoms with E-state index in [-0.39, 0.29) is 11.9 Å². The third-order valence-corrected chi connectivity index (χ3v) is 6.81. The lowest BCUT2D eigenvalue weighted by molar-refractivity contribution is -0.125. The van der Waals surface area contributed by atoms with Crippen molar-refractivity contribution in [1.29, 1.82) is 5.41 Å². The Kier molecular flexibility index (Phi) is 7.70. The Labute approximate surface area is 223 Å². The molecule has 38 heavy (non-hydrogen) atoms.